The van der Waals surface area contributed by atoms with E-state index in [9.17, 15) is 5.11 Å². The van der Waals surface area contributed by atoms with Gasteiger partial charge in [0.15, 0.2) is 0 Å². The van der Waals surface area contributed by atoms with Crippen molar-refractivity contribution >= 4 is 22.6 Å². The van der Waals surface area contributed by atoms with Gasteiger partial charge in [-0.1, -0.05) is 13.0 Å². The van der Waals surface area contributed by atoms with E-state index in [0.717, 1.165) is 23.1 Å². The molecule has 0 aliphatic heterocycles. The number of likely N-dealkylation sites (N-methyl/N-ethyl adjacent to an activating group) is 1. The Morgan fingerprint density at radius 1 is 1.44 bits per heavy atom. The highest BCUT2D eigenvalue weighted by Crippen LogP contribution is 2.29. The zero-order chi connectivity index (χ0) is 13.2. The van der Waals surface area contributed by atoms with Crippen LogP contribution in [-0.4, -0.2) is 23.6 Å². The molecule has 0 saturated heterocycles. The van der Waals surface area contributed by atoms with Crippen molar-refractivity contribution in [1.82, 2.24) is 5.32 Å². The van der Waals surface area contributed by atoms with Gasteiger partial charge in [0.05, 0.1) is 12.1 Å². The maximum Gasteiger partial charge on any atom is 0.133 e. The van der Waals surface area contributed by atoms with Gasteiger partial charge in [-0.05, 0) is 37.2 Å². The van der Waals surface area contributed by atoms with Crippen molar-refractivity contribution in [3.63, 3.8) is 0 Å². The van der Waals surface area contributed by atoms with E-state index in [4.69, 9.17) is 16.0 Å². The Balaban J connectivity index is 2.41. The van der Waals surface area contributed by atoms with E-state index >= 15 is 0 Å². The molecule has 4 heteroatoms. The molecule has 0 spiro atoms. The summed E-state index contributed by atoms with van der Waals surface area (Å²) in [6.07, 6.45) is 1.64. The first kappa shape index (κ1) is 13.4. The van der Waals surface area contributed by atoms with E-state index in [1.165, 1.54) is 0 Å². The maximum atomic E-state index is 10.8. The summed E-state index contributed by atoms with van der Waals surface area (Å²) in [5, 5.41) is 15.0. The van der Waals surface area contributed by atoms with Gasteiger partial charge in [0.2, 0.25) is 0 Å². The molecule has 2 unspecified atom stereocenters. The number of benzene rings is 1. The van der Waals surface area contributed by atoms with E-state index in [0.29, 0.717) is 0 Å². The van der Waals surface area contributed by atoms with E-state index in [1.807, 2.05) is 38.1 Å². The summed E-state index contributed by atoms with van der Waals surface area (Å²) >= 11 is 5.99. The van der Waals surface area contributed by atoms with Crippen LogP contribution in [0.2, 0.25) is 0 Å². The van der Waals surface area contributed by atoms with E-state index < -0.39 is 5.60 Å². The average Bonchev–Trinajstić information content (AvgIpc) is 2.85. The number of hydrogen-bond acceptors (Lipinski definition) is 3. The van der Waals surface area contributed by atoms with Gasteiger partial charge >= 0.3 is 0 Å². The topological polar surface area (TPSA) is 45.4 Å². The second-order valence-electron chi connectivity index (χ2n) is 4.51. The lowest BCUT2D eigenvalue weighted by Gasteiger charge is -2.33. The van der Waals surface area contributed by atoms with Crippen LogP contribution in [0.25, 0.3) is 11.0 Å². The summed E-state index contributed by atoms with van der Waals surface area (Å²) in [7, 11) is 0. The predicted octanol–water partition coefficient (Wildman–Crippen LogP) is 2.86. The fourth-order valence-electron chi connectivity index (χ4n) is 2.15. The summed E-state index contributed by atoms with van der Waals surface area (Å²) in [6, 6.07) is 7.41. The van der Waals surface area contributed by atoms with Crippen LogP contribution in [0.15, 0.2) is 34.9 Å². The van der Waals surface area contributed by atoms with E-state index in [1.54, 1.807) is 6.26 Å². The van der Waals surface area contributed by atoms with Gasteiger partial charge in [-0.25, -0.2) is 0 Å². The van der Waals surface area contributed by atoms with Gasteiger partial charge in [0, 0.05) is 11.4 Å². The van der Waals surface area contributed by atoms with Gasteiger partial charge in [-0.15, -0.1) is 11.6 Å². The minimum absolute atomic E-state index is 0.121. The summed E-state index contributed by atoms with van der Waals surface area (Å²) in [5.74, 6) is 0.143. The largest absolute Gasteiger partial charge is 0.464 e. The second-order valence-corrected chi connectivity index (χ2v) is 4.78. The van der Waals surface area contributed by atoms with Crippen molar-refractivity contribution in [2.24, 2.45) is 0 Å². The molecule has 1 aromatic carbocycles. The highest BCUT2D eigenvalue weighted by Gasteiger charge is 2.34. The van der Waals surface area contributed by atoms with Gasteiger partial charge in [-0.3, -0.25) is 0 Å². The van der Waals surface area contributed by atoms with Gasteiger partial charge in [-0.2, -0.15) is 0 Å². The van der Waals surface area contributed by atoms with Crippen molar-refractivity contribution < 1.29 is 9.52 Å². The molecule has 3 nitrogen and oxygen atoms in total. The standard InChI is InChI=1S/C14H18ClNO2/c1-3-16-10(2)14(17,9-15)12-4-5-13-11(8-12)6-7-18-13/h4-8,10,16-17H,3,9H2,1-2H3. The normalized spacial score (nSPS) is 16.7. The molecule has 18 heavy (non-hydrogen) atoms. The van der Waals surface area contributed by atoms with Crippen LogP contribution in [0.1, 0.15) is 19.4 Å². The highest BCUT2D eigenvalue weighted by atomic mass is 35.5. The quantitative estimate of drug-likeness (QED) is 0.819. The molecule has 0 radical (unpaired) electrons. The number of aliphatic hydroxyl groups is 1. The summed E-state index contributed by atoms with van der Waals surface area (Å²) in [6.45, 7) is 4.73. The van der Waals surface area contributed by atoms with Crippen LogP contribution in [0.5, 0.6) is 0 Å². The van der Waals surface area contributed by atoms with Crippen LogP contribution in [-0.2, 0) is 5.60 Å². The first-order valence-corrected chi connectivity index (χ1v) is 6.64. The molecule has 98 valence electrons. The van der Waals surface area contributed by atoms with Crippen LogP contribution in [0.3, 0.4) is 0 Å². The molecular formula is C14H18ClNO2. The molecule has 0 bridgehead atoms. The highest BCUT2D eigenvalue weighted by molar-refractivity contribution is 6.18. The van der Waals surface area contributed by atoms with Crippen molar-refractivity contribution in [2.45, 2.75) is 25.5 Å². The Hall–Kier alpha value is -1.03. The lowest BCUT2D eigenvalue weighted by molar-refractivity contribution is 0.0259. The number of rotatable bonds is 5. The molecule has 2 N–H and O–H groups in total. The number of nitrogens with one attached hydrogen (secondary N) is 1. The molecule has 1 heterocycles. The monoisotopic (exact) mass is 267 g/mol. The minimum atomic E-state index is -1.08. The summed E-state index contributed by atoms with van der Waals surface area (Å²) < 4.78 is 5.30. The smallest absolute Gasteiger partial charge is 0.133 e. The maximum absolute atomic E-state index is 10.8. The Bertz CT molecular complexity index is 525. The fraction of sp³-hybridized carbons (Fsp3) is 0.429. The molecule has 0 saturated carbocycles. The minimum Gasteiger partial charge on any atom is -0.464 e. The predicted molar refractivity (Wildman–Crippen MR) is 74.0 cm³/mol. The van der Waals surface area contributed by atoms with Crippen LogP contribution in [0.4, 0.5) is 0 Å². The van der Waals surface area contributed by atoms with Gasteiger partial charge < -0.3 is 14.8 Å². The third-order valence-electron chi connectivity index (χ3n) is 3.38. The van der Waals surface area contributed by atoms with Crippen LogP contribution in [0, 0.1) is 0 Å². The Labute approximate surface area is 112 Å². The van der Waals surface area contributed by atoms with Gasteiger partial charge in [0.1, 0.15) is 11.2 Å². The molecule has 0 amide bonds. The lowest BCUT2D eigenvalue weighted by Crippen LogP contribution is -2.48. The molecule has 0 aliphatic carbocycles. The van der Waals surface area contributed by atoms with Gasteiger partial charge in [0.25, 0.3) is 0 Å². The lowest BCUT2D eigenvalue weighted by atomic mass is 9.88. The third-order valence-corrected chi connectivity index (χ3v) is 3.79. The Morgan fingerprint density at radius 2 is 2.22 bits per heavy atom. The SMILES string of the molecule is CCNC(C)C(O)(CCl)c1ccc2occc2c1. The number of hydrogen-bond donors (Lipinski definition) is 2. The molecule has 2 rings (SSSR count). The molecular weight excluding hydrogens is 250 g/mol. The van der Waals surface area contributed by atoms with E-state index in [2.05, 4.69) is 5.32 Å². The Kier molecular flexibility index (Phi) is 3.95. The second kappa shape index (κ2) is 5.31. The molecule has 2 aromatic rings. The average molecular weight is 268 g/mol. The number of fused-ring (bicyclic) bond motifs is 1. The fourth-order valence-corrected chi connectivity index (χ4v) is 2.54. The summed E-state index contributed by atoms with van der Waals surface area (Å²) in [4.78, 5) is 0. The zero-order valence-corrected chi connectivity index (χ0v) is 11.4. The number of halogens is 1. The number of alkyl halides is 1. The number of furan rings is 1. The van der Waals surface area contributed by atoms with Crippen molar-refractivity contribution in [1.29, 1.82) is 0 Å². The van der Waals surface area contributed by atoms with Crippen molar-refractivity contribution in [3.8, 4) is 0 Å². The van der Waals surface area contributed by atoms with Crippen LogP contribution >= 0.6 is 11.6 Å². The Morgan fingerprint density at radius 3 is 2.89 bits per heavy atom. The van der Waals surface area contributed by atoms with Crippen molar-refractivity contribution in [3.05, 3.63) is 36.1 Å². The summed E-state index contributed by atoms with van der Waals surface area (Å²) in [5.41, 5.74) is 0.537. The molecule has 1 aromatic heterocycles. The first-order valence-electron chi connectivity index (χ1n) is 6.11. The molecule has 0 fully saturated rings. The van der Waals surface area contributed by atoms with Crippen LogP contribution < -0.4 is 5.32 Å². The van der Waals surface area contributed by atoms with E-state index in [-0.39, 0.29) is 11.9 Å². The third kappa shape index (κ3) is 2.26. The molecule has 2 atom stereocenters. The van der Waals surface area contributed by atoms with Crippen molar-refractivity contribution in [2.75, 3.05) is 12.4 Å². The molecule has 0 aliphatic rings. The first-order chi connectivity index (χ1) is 8.61. The zero-order valence-electron chi connectivity index (χ0n) is 10.6.